The normalized spacial score (nSPS) is 12.2. The van der Waals surface area contributed by atoms with E-state index in [2.05, 4.69) is 50.8 Å². The standard InChI is InChI=1S/C29H50O/c1-4-5-6-7-8-9-10-11-12-13-14-15-16-17-18-19-23-26-30-29(27(2)3)28-24-21-20-22-25-28/h20-22,24-25,29H,2,4-19,23,26H2,1,3H3. The quantitative estimate of drug-likeness (QED) is 0.144. The molecule has 0 radical (unpaired) electrons. The van der Waals surface area contributed by atoms with E-state index in [1.54, 1.807) is 0 Å². The van der Waals surface area contributed by atoms with Crippen molar-refractivity contribution >= 4 is 0 Å². The fraction of sp³-hybridized carbons (Fsp3) is 0.724. The van der Waals surface area contributed by atoms with Crippen molar-refractivity contribution in [3.05, 3.63) is 48.0 Å². The van der Waals surface area contributed by atoms with Crippen molar-refractivity contribution in [2.75, 3.05) is 6.61 Å². The van der Waals surface area contributed by atoms with Crippen molar-refractivity contribution in [3.8, 4) is 0 Å². The van der Waals surface area contributed by atoms with Gasteiger partial charge in [-0.1, -0.05) is 147 Å². The van der Waals surface area contributed by atoms with E-state index in [4.69, 9.17) is 4.74 Å². The summed E-state index contributed by atoms with van der Waals surface area (Å²) < 4.78 is 6.11. The molecule has 0 fully saturated rings. The second-order valence-electron chi connectivity index (χ2n) is 9.16. The average Bonchev–Trinajstić information content (AvgIpc) is 2.76. The molecule has 30 heavy (non-hydrogen) atoms. The summed E-state index contributed by atoms with van der Waals surface area (Å²) in [5, 5.41) is 0. The van der Waals surface area contributed by atoms with Crippen LogP contribution in [0, 0.1) is 0 Å². The van der Waals surface area contributed by atoms with Crippen LogP contribution >= 0.6 is 0 Å². The molecule has 1 unspecified atom stereocenters. The molecule has 0 aliphatic carbocycles. The van der Waals surface area contributed by atoms with Crippen LogP contribution in [0.3, 0.4) is 0 Å². The molecule has 0 aromatic heterocycles. The lowest BCUT2D eigenvalue weighted by Gasteiger charge is -2.18. The lowest BCUT2D eigenvalue weighted by atomic mass is 10.0. The van der Waals surface area contributed by atoms with Gasteiger partial charge < -0.3 is 4.74 Å². The molecule has 1 aromatic rings. The Morgan fingerprint density at radius 1 is 0.667 bits per heavy atom. The van der Waals surface area contributed by atoms with Gasteiger partial charge in [0.05, 0.1) is 0 Å². The minimum absolute atomic E-state index is 0.0484. The molecule has 0 bridgehead atoms. The van der Waals surface area contributed by atoms with Crippen LogP contribution in [0.25, 0.3) is 0 Å². The Morgan fingerprint density at radius 2 is 1.07 bits per heavy atom. The van der Waals surface area contributed by atoms with E-state index >= 15 is 0 Å². The van der Waals surface area contributed by atoms with Crippen LogP contribution in [0.5, 0.6) is 0 Å². The molecule has 0 saturated heterocycles. The number of ether oxygens (including phenoxy) is 1. The van der Waals surface area contributed by atoms with Crippen LogP contribution in [0.4, 0.5) is 0 Å². The lowest BCUT2D eigenvalue weighted by Crippen LogP contribution is -2.06. The van der Waals surface area contributed by atoms with Gasteiger partial charge in [0.15, 0.2) is 0 Å². The van der Waals surface area contributed by atoms with Gasteiger partial charge in [-0.15, -0.1) is 0 Å². The first-order chi connectivity index (χ1) is 14.8. The summed E-state index contributed by atoms with van der Waals surface area (Å²) >= 11 is 0. The minimum atomic E-state index is 0.0484. The maximum atomic E-state index is 6.11. The number of rotatable bonds is 21. The second kappa shape index (κ2) is 19.9. The highest BCUT2D eigenvalue weighted by Crippen LogP contribution is 2.24. The summed E-state index contributed by atoms with van der Waals surface area (Å²) in [6.07, 6.45) is 24.0. The Bertz CT molecular complexity index is 492. The maximum absolute atomic E-state index is 6.11. The van der Waals surface area contributed by atoms with Crippen molar-refractivity contribution in [1.29, 1.82) is 0 Å². The smallest absolute Gasteiger partial charge is 0.103 e. The highest BCUT2D eigenvalue weighted by molar-refractivity contribution is 5.24. The third-order valence-electron chi connectivity index (χ3n) is 6.08. The summed E-state index contributed by atoms with van der Waals surface area (Å²) in [5.41, 5.74) is 2.31. The highest BCUT2D eigenvalue weighted by Gasteiger charge is 2.11. The molecule has 1 aromatic carbocycles. The van der Waals surface area contributed by atoms with Gasteiger partial charge in [-0.3, -0.25) is 0 Å². The van der Waals surface area contributed by atoms with Crippen molar-refractivity contribution in [2.24, 2.45) is 0 Å². The largest absolute Gasteiger partial charge is 0.369 e. The molecule has 1 heteroatoms. The van der Waals surface area contributed by atoms with Gasteiger partial charge in [-0.2, -0.15) is 0 Å². The van der Waals surface area contributed by atoms with Gasteiger partial charge in [0.1, 0.15) is 6.10 Å². The molecule has 1 atom stereocenters. The SMILES string of the molecule is C=C(C)C(OCCCCCCCCCCCCCCCCCCC)c1ccccc1. The van der Waals surface area contributed by atoms with E-state index in [0.29, 0.717) is 0 Å². The zero-order valence-corrected chi connectivity index (χ0v) is 20.3. The average molecular weight is 415 g/mol. The molecule has 0 spiro atoms. The fourth-order valence-electron chi connectivity index (χ4n) is 4.18. The summed E-state index contributed by atoms with van der Waals surface area (Å²) in [7, 11) is 0. The van der Waals surface area contributed by atoms with Gasteiger partial charge in [0, 0.05) is 6.61 Å². The van der Waals surface area contributed by atoms with E-state index in [-0.39, 0.29) is 6.10 Å². The molecule has 0 heterocycles. The van der Waals surface area contributed by atoms with E-state index in [1.165, 1.54) is 108 Å². The molecular weight excluding hydrogens is 364 g/mol. The van der Waals surface area contributed by atoms with E-state index in [9.17, 15) is 0 Å². The first-order valence-corrected chi connectivity index (χ1v) is 13.1. The number of hydrogen-bond donors (Lipinski definition) is 0. The Labute approximate surface area is 188 Å². The Kier molecular flexibility index (Phi) is 17.8. The van der Waals surface area contributed by atoms with Crippen LogP contribution < -0.4 is 0 Å². The number of unbranched alkanes of at least 4 members (excludes halogenated alkanes) is 16. The van der Waals surface area contributed by atoms with Gasteiger partial charge in [0.25, 0.3) is 0 Å². The Morgan fingerprint density at radius 3 is 1.47 bits per heavy atom. The first-order valence-electron chi connectivity index (χ1n) is 13.1. The van der Waals surface area contributed by atoms with Crippen LogP contribution in [0.15, 0.2) is 42.5 Å². The Balaban J connectivity index is 1.84. The van der Waals surface area contributed by atoms with E-state index < -0.39 is 0 Å². The van der Waals surface area contributed by atoms with Crippen LogP contribution in [0.2, 0.25) is 0 Å². The predicted octanol–water partition coefficient (Wildman–Crippen LogP) is 9.97. The Hall–Kier alpha value is -1.08. The first kappa shape index (κ1) is 27.0. The third-order valence-corrected chi connectivity index (χ3v) is 6.08. The number of hydrogen-bond acceptors (Lipinski definition) is 1. The third kappa shape index (κ3) is 14.8. The molecule has 0 saturated carbocycles. The maximum Gasteiger partial charge on any atom is 0.103 e. The minimum Gasteiger partial charge on any atom is -0.369 e. The molecule has 1 nitrogen and oxygen atoms in total. The van der Waals surface area contributed by atoms with Gasteiger partial charge >= 0.3 is 0 Å². The van der Waals surface area contributed by atoms with Crippen molar-refractivity contribution in [1.82, 2.24) is 0 Å². The predicted molar refractivity (Wildman–Crippen MR) is 134 cm³/mol. The van der Waals surface area contributed by atoms with Gasteiger partial charge in [0.2, 0.25) is 0 Å². The molecular formula is C29H50O. The molecule has 0 amide bonds. The van der Waals surface area contributed by atoms with Crippen molar-refractivity contribution in [3.63, 3.8) is 0 Å². The molecule has 0 aliphatic rings. The molecule has 0 aliphatic heterocycles. The monoisotopic (exact) mass is 414 g/mol. The van der Waals surface area contributed by atoms with Gasteiger partial charge in [-0.05, 0) is 24.5 Å². The van der Waals surface area contributed by atoms with Gasteiger partial charge in [-0.25, -0.2) is 0 Å². The zero-order valence-electron chi connectivity index (χ0n) is 20.3. The van der Waals surface area contributed by atoms with E-state index in [0.717, 1.165) is 18.6 Å². The topological polar surface area (TPSA) is 9.23 Å². The molecule has 0 N–H and O–H groups in total. The molecule has 1 rings (SSSR count). The lowest BCUT2D eigenvalue weighted by molar-refractivity contribution is 0.0744. The summed E-state index contributed by atoms with van der Waals surface area (Å²) in [6, 6.07) is 10.5. The second-order valence-corrected chi connectivity index (χ2v) is 9.16. The molecule has 172 valence electrons. The summed E-state index contributed by atoms with van der Waals surface area (Å²) in [4.78, 5) is 0. The van der Waals surface area contributed by atoms with Crippen LogP contribution in [0.1, 0.15) is 135 Å². The van der Waals surface area contributed by atoms with Crippen LogP contribution in [-0.4, -0.2) is 6.61 Å². The van der Waals surface area contributed by atoms with Crippen LogP contribution in [-0.2, 0) is 4.74 Å². The highest BCUT2D eigenvalue weighted by atomic mass is 16.5. The number of benzene rings is 1. The zero-order chi connectivity index (χ0) is 21.7. The van der Waals surface area contributed by atoms with Crippen molar-refractivity contribution in [2.45, 2.75) is 129 Å². The van der Waals surface area contributed by atoms with E-state index in [1.807, 2.05) is 0 Å². The van der Waals surface area contributed by atoms with Crippen molar-refractivity contribution < 1.29 is 4.74 Å². The summed E-state index contributed by atoms with van der Waals surface area (Å²) in [6.45, 7) is 9.30. The summed E-state index contributed by atoms with van der Waals surface area (Å²) in [5.74, 6) is 0. The fourth-order valence-corrected chi connectivity index (χ4v) is 4.18.